The van der Waals surface area contributed by atoms with E-state index in [0.29, 0.717) is 17.3 Å². The van der Waals surface area contributed by atoms with Crippen LogP contribution in [-0.2, 0) is 16.1 Å². The van der Waals surface area contributed by atoms with Crippen molar-refractivity contribution in [2.75, 3.05) is 6.61 Å². The van der Waals surface area contributed by atoms with Crippen LogP contribution in [0.25, 0.3) is 0 Å². The van der Waals surface area contributed by atoms with Crippen LogP contribution in [0.5, 0.6) is 5.75 Å². The molecule has 0 aliphatic heterocycles. The Bertz CT molecular complexity index is 885. The highest BCUT2D eigenvalue weighted by Crippen LogP contribution is 2.21. The van der Waals surface area contributed by atoms with E-state index >= 15 is 0 Å². The van der Waals surface area contributed by atoms with Crippen LogP contribution in [0, 0.1) is 13.8 Å². The van der Waals surface area contributed by atoms with E-state index in [1.54, 1.807) is 30.0 Å². The fraction of sp³-hybridized carbons (Fsp3) is 0.417. The van der Waals surface area contributed by atoms with Crippen molar-refractivity contribution in [1.82, 2.24) is 10.2 Å². The van der Waals surface area contributed by atoms with Crippen LogP contribution >= 0.6 is 11.6 Å². The summed E-state index contributed by atoms with van der Waals surface area (Å²) in [4.78, 5) is 27.3. The van der Waals surface area contributed by atoms with Gasteiger partial charge in [-0.2, -0.15) is 0 Å². The van der Waals surface area contributed by atoms with Crippen LogP contribution in [0.2, 0.25) is 5.02 Å². The lowest BCUT2D eigenvalue weighted by molar-refractivity contribution is -0.142. The lowest BCUT2D eigenvalue weighted by Gasteiger charge is -2.29. The highest BCUT2D eigenvalue weighted by Gasteiger charge is 2.27. The second-order valence-corrected chi connectivity index (χ2v) is 8.11. The highest BCUT2D eigenvalue weighted by molar-refractivity contribution is 6.31. The second kappa shape index (κ2) is 11.0. The number of nitrogens with zero attached hydrogens (tertiary/aromatic N) is 1. The van der Waals surface area contributed by atoms with E-state index in [0.717, 1.165) is 23.1 Å². The molecule has 0 spiro atoms. The fourth-order valence-electron chi connectivity index (χ4n) is 2.99. The average molecular weight is 431 g/mol. The van der Waals surface area contributed by atoms with Gasteiger partial charge in [0.05, 0.1) is 0 Å². The highest BCUT2D eigenvalue weighted by atomic mass is 35.5. The molecule has 0 bridgehead atoms. The monoisotopic (exact) mass is 430 g/mol. The van der Waals surface area contributed by atoms with Crippen LogP contribution in [-0.4, -0.2) is 35.4 Å². The number of amides is 2. The first-order chi connectivity index (χ1) is 14.2. The van der Waals surface area contributed by atoms with E-state index in [2.05, 4.69) is 5.32 Å². The molecule has 2 atom stereocenters. The van der Waals surface area contributed by atoms with Gasteiger partial charge in [0.25, 0.3) is 5.91 Å². The smallest absolute Gasteiger partial charge is 0.261 e. The van der Waals surface area contributed by atoms with Gasteiger partial charge in [0.1, 0.15) is 11.8 Å². The lowest BCUT2D eigenvalue weighted by Crippen LogP contribution is -2.50. The molecule has 0 aliphatic rings. The predicted molar refractivity (Wildman–Crippen MR) is 121 cm³/mol. The molecule has 2 aromatic carbocycles. The third kappa shape index (κ3) is 6.77. The summed E-state index contributed by atoms with van der Waals surface area (Å²) in [6.45, 7) is 9.75. The Hall–Kier alpha value is -2.53. The fourth-order valence-corrected chi connectivity index (χ4v) is 3.11. The zero-order valence-corrected chi connectivity index (χ0v) is 19.1. The van der Waals surface area contributed by atoms with Crippen molar-refractivity contribution >= 4 is 23.4 Å². The SMILES string of the molecule is CC[C@@H](C)NC(=O)[C@@H](C)N(Cc1cccc(C)c1)C(=O)COc1ccc(Cl)c(C)c1. The lowest BCUT2D eigenvalue weighted by atomic mass is 10.1. The van der Waals surface area contributed by atoms with Crippen LogP contribution in [0.3, 0.4) is 0 Å². The van der Waals surface area contributed by atoms with Gasteiger partial charge in [-0.3, -0.25) is 9.59 Å². The summed E-state index contributed by atoms with van der Waals surface area (Å²) in [7, 11) is 0. The molecular weight excluding hydrogens is 400 g/mol. The molecule has 2 amide bonds. The number of ether oxygens (including phenoxy) is 1. The number of carbonyl (C=O) groups excluding carboxylic acids is 2. The molecule has 0 heterocycles. The van der Waals surface area contributed by atoms with E-state index in [4.69, 9.17) is 16.3 Å². The molecule has 2 rings (SSSR count). The van der Waals surface area contributed by atoms with Gasteiger partial charge in [0.2, 0.25) is 5.91 Å². The molecule has 5 nitrogen and oxygen atoms in total. The Morgan fingerprint density at radius 2 is 1.87 bits per heavy atom. The second-order valence-electron chi connectivity index (χ2n) is 7.70. The molecule has 0 aliphatic carbocycles. The van der Waals surface area contributed by atoms with E-state index in [1.807, 2.05) is 52.0 Å². The summed E-state index contributed by atoms with van der Waals surface area (Å²) in [5.41, 5.74) is 2.94. The van der Waals surface area contributed by atoms with Gasteiger partial charge in [-0.1, -0.05) is 48.4 Å². The Kier molecular flexibility index (Phi) is 8.72. The van der Waals surface area contributed by atoms with Gasteiger partial charge >= 0.3 is 0 Å². The maximum Gasteiger partial charge on any atom is 0.261 e. The molecule has 2 aromatic rings. The minimum Gasteiger partial charge on any atom is -0.484 e. The number of nitrogens with one attached hydrogen (secondary N) is 1. The number of aryl methyl sites for hydroxylation is 2. The first-order valence-electron chi connectivity index (χ1n) is 10.3. The van der Waals surface area contributed by atoms with Crippen molar-refractivity contribution in [3.63, 3.8) is 0 Å². The number of benzene rings is 2. The van der Waals surface area contributed by atoms with Gasteiger partial charge in [0, 0.05) is 17.6 Å². The molecule has 30 heavy (non-hydrogen) atoms. The summed E-state index contributed by atoms with van der Waals surface area (Å²) in [5.74, 6) is 0.140. The van der Waals surface area contributed by atoms with Gasteiger partial charge in [-0.05, 0) is 63.4 Å². The molecule has 0 saturated heterocycles. The van der Waals surface area contributed by atoms with E-state index in [-0.39, 0.29) is 24.5 Å². The largest absolute Gasteiger partial charge is 0.484 e. The zero-order valence-electron chi connectivity index (χ0n) is 18.4. The third-order valence-electron chi connectivity index (χ3n) is 5.10. The maximum absolute atomic E-state index is 13.1. The predicted octanol–water partition coefficient (Wildman–Crippen LogP) is 4.67. The van der Waals surface area contributed by atoms with Crippen molar-refractivity contribution in [3.05, 3.63) is 64.2 Å². The average Bonchev–Trinajstić information content (AvgIpc) is 2.72. The number of hydrogen-bond donors (Lipinski definition) is 1. The molecular formula is C24H31ClN2O3. The summed E-state index contributed by atoms with van der Waals surface area (Å²) in [6, 6.07) is 12.6. The molecule has 0 saturated carbocycles. The van der Waals surface area contributed by atoms with Crippen molar-refractivity contribution in [2.24, 2.45) is 0 Å². The minimum atomic E-state index is -0.623. The Labute approximate surface area is 184 Å². The Morgan fingerprint density at radius 1 is 1.13 bits per heavy atom. The number of halogens is 1. The molecule has 0 aromatic heterocycles. The molecule has 0 unspecified atom stereocenters. The van der Waals surface area contributed by atoms with Crippen molar-refractivity contribution in [3.8, 4) is 5.75 Å². The quantitative estimate of drug-likeness (QED) is 0.629. The first-order valence-corrected chi connectivity index (χ1v) is 10.6. The third-order valence-corrected chi connectivity index (χ3v) is 5.52. The molecule has 0 radical (unpaired) electrons. The topological polar surface area (TPSA) is 58.6 Å². The summed E-state index contributed by atoms with van der Waals surface area (Å²) < 4.78 is 5.70. The standard InChI is InChI=1S/C24H31ClN2O3/c1-6-18(4)26-24(29)19(5)27(14-20-9-7-8-16(2)12-20)23(28)15-30-21-10-11-22(25)17(3)13-21/h7-13,18-19H,6,14-15H2,1-5H3,(H,26,29)/t18-,19-/m1/s1. The van der Waals surface area contributed by atoms with Gasteiger partial charge in [-0.15, -0.1) is 0 Å². The Balaban J connectivity index is 2.16. The maximum atomic E-state index is 13.1. The molecule has 162 valence electrons. The minimum absolute atomic E-state index is 0.0455. The Morgan fingerprint density at radius 3 is 2.50 bits per heavy atom. The zero-order chi connectivity index (χ0) is 22.3. The summed E-state index contributed by atoms with van der Waals surface area (Å²) in [6.07, 6.45) is 0.823. The molecule has 1 N–H and O–H groups in total. The van der Waals surface area contributed by atoms with Gasteiger partial charge in [0.15, 0.2) is 6.61 Å². The first kappa shape index (κ1) is 23.7. The summed E-state index contributed by atoms with van der Waals surface area (Å²) >= 11 is 6.05. The number of hydrogen-bond acceptors (Lipinski definition) is 3. The van der Waals surface area contributed by atoms with E-state index < -0.39 is 6.04 Å². The van der Waals surface area contributed by atoms with Crippen LogP contribution in [0.4, 0.5) is 0 Å². The van der Waals surface area contributed by atoms with Crippen LogP contribution in [0.1, 0.15) is 43.9 Å². The van der Waals surface area contributed by atoms with Gasteiger partial charge < -0.3 is 15.0 Å². The van der Waals surface area contributed by atoms with Crippen molar-refractivity contribution in [1.29, 1.82) is 0 Å². The van der Waals surface area contributed by atoms with Crippen LogP contribution in [0.15, 0.2) is 42.5 Å². The van der Waals surface area contributed by atoms with Crippen molar-refractivity contribution < 1.29 is 14.3 Å². The number of rotatable bonds is 9. The van der Waals surface area contributed by atoms with E-state index in [1.165, 1.54) is 0 Å². The number of carbonyl (C=O) groups is 2. The van der Waals surface area contributed by atoms with E-state index in [9.17, 15) is 9.59 Å². The summed E-state index contributed by atoms with van der Waals surface area (Å²) in [5, 5.41) is 3.60. The van der Waals surface area contributed by atoms with Gasteiger partial charge in [-0.25, -0.2) is 0 Å². The molecule has 0 fully saturated rings. The van der Waals surface area contributed by atoms with Crippen LogP contribution < -0.4 is 10.1 Å². The molecule has 6 heteroatoms. The normalized spacial score (nSPS) is 12.7. The van der Waals surface area contributed by atoms with Crippen molar-refractivity contribution in [2.45, 2.75) is 59.7 Å².